The molecule has 0 spiro atoms. The van der Waals surface area contributed by atoms with Crippen LogP contribution in [0.5, 0.6) is 0 Å². The zero-order chi connectivity index (χ0) is 7.84. The van der Waals surface area contributed by atoms with E-state index in [1.54, 1.807) is 6.07 Å². The third-order valence-electron chi connectivity index (χ3n) is 2.64. The highest BCUT2D eigenvalue weighted by Gasteiger charge is 2.29. The smallest absolute Gasteiger partial charge is 0.264 e. The van der Waals surface area contributed by atoms with Gasteiger partial charge in [-0.2, -0.15) is 0 Å². The van der Waals surface area contributed by atoms with Crippen LogP contribution < -0.4 is 5.56 Å². The van der Waals surface area contributed by atoms with Gasteiger partial charge in [0.15, 0.2) is 0 Å². The number of H-pyrrole nitrogens is 2. The summed E-state index contributed by atoms with van der Waals surface area (Å²) in [7, 11) is 0. The first-order chi connectivity index (χ1) is 5.27. The minimum atomic E-state index is -0.0147. The predicted octanol–water partition coefficient (Wildman–Crippen LogP) is 1.22. The van der Waals surface area contributed by atoms with Gasteiger partial charge < -0.3 is 5.10 Å². The highest BCUT2D eigenvalue weighted by Crippen LogP contribution is 2.40. The average Bonchev–Trinajstić information content (AvgIpc) is 2.33. The summed E-state index contributed by atoms with van der Waals surface area (Å²) in [5.41, 5.74) is 1.06. The van der Waals surface area contributed by atoms with Crippen LogP contribution in [0.3, 0.4) is 0 Å². The molecule has 0 aliphatic heterocycles. The van der Waals surface area contributed by atoms with E-state index in [2.05, 4.69) is 17.1 Å². The summed E-state index contributed by atoms with van der Waals surface area (Å²) in [5, 5.41) is 5.46. The van der Waals surface area contributed by atoms with Crippen LogP contribution in [0, 0.1) is 5.92 Å². The van der Waals surface area contributed by atoms with Crippen LogP contribution in [0.1, 0.15) is 31.4 Å². The van der Waals surface area contributed by atoms with E-state index in [1.807, 2.05) is 0 Å². The number of hydrogen-bond donors (Lipinski definition) is 2. The van der Waals surface area contributed by atoms with Crippen molar-refractivity contribution in [3.05, 3.63) is 22.1 Å². The summed E-state index contributed by atoms with van der Waals surface area (Å²) in [6, 6.07) is 1.67. The molecule has 0 radical (unpaired) electrons. The molecule has 2 rings (SSSR count). The van der Waals surface area contributed by atoms with Gasteiger partial charge in [-0.25, -0.2) is 0 Å². The molecule has 0 unspecified atom stereocenters. The van der Waals surface area contributed by atoms with Crippen molar-refractivity contribution < 1.29 is 0 Å². The standard InChI is InChI=1S/C8H12N2O/c1-5-2-3-6(5)7-4-8(11)10-9-7/h4-6H,2-3H2,1H3,(H2,9,10,11)/t5-,6-/m0/s1. The van der Waals surface area contributed by atoms with Gasteiger partial charge in [-0.15, -0.1) is 0 Å². The maximum Gasteiger partial charge on any atom is 0.264 e. The van der Waals surface area contributed by atoms with Crippen LogP contribution in [0.4, 0.5) is 0 Å². The summed E-state index contributed by atoms with van der Waals surface area (Å²) in [4.78, 5) is 10.8. The minimum Gasteiger partial charge on any atom is -0.302 e. The maximum atomic E-state index is 10.8. The number of rotatable bonds is 1. The molecule has 3 nitrogen and oxygen atoms in total. The Morgan fingerprint density at radius 3 is 2.64 bits per heavy atom. The third-order valence-corrected chi connectivity index (χ3v) is 2.64. The van der Waals surface area contributed by atoms with Crippen molar-refractivity contribution in [1.29, 1.82) is 0 Å². The monoisotopic (exact) mass is 152 g/mol. The Bertz CT molecular complexity index is 299. The number of aromatic nitrogens is 2. The molecule has 1 fully saturated rings. The van der Waals surface area contributed by atoms with Crippen molar-refractivity contribution >= 4 is 0 Å². The molecule has 1 saturated carbocycles. The lowest BCUT2D eigenvalue weighted by atomic mass is 9.73. The van der Waals surface area contributed by atoms with E-state index < -0.39 is 0 Å². The summed E-state index contributed by atoms with van der Waals surface area (Å²) in [5.74, 6) is 1.33. The van der Waals surface area contributed by atoms with Crippen molar-refractivity contribution in [2.24, 2.45) is 5.92 Å². The minimum absolute atomic E-state index is 0.0147. The van der Waals surface area contributed by atoms with Crippen LogP contribution in [-0.2, 0) is 0 Å². The first-order valence-corrected chi connectivity index (χ1v) is 4.05. The van der Waals surface area contributed by atoms with Crippen LogP contribution in [0.25, 0.3) is 0 Å². The van der Waals surface area contributed by atoms with Gasteiger partial charge in [0.1, 0.15) is 0 Å². The van der Waals surface area contributed by atoms with Crippen LogP contribution in [-0.4, -0.2) is 10.2 Å². The van der Waals surface area contributed by atoms with E-state index in [0.717, 1.165) is 11.6 Å². The largest absolute Gasteiger partial charge is 0.302 e. The molecular weight excluding hydrogens is 140 g/mol. The zero-order valence-corrected chi connectivity index (χ0v) is 6.55. The van der Waals surface area contributed by atoms with Gasteiger partial charge in [0.25, 0.3) is 5.56 Å². The molecule has 0 aromatic carbocycles. The molecule has 0 saturated heterocycles. The first kappa shape index (κ1) is 6.70. The van der Waals surface area contributed by atoms with Crippen LogP contribution in [0.2, 0.25) is 0 Å². The number of aromatic amines is 2. The molecule has 1 aliphatic rings. The number of hydrogen-bond acceptors (Lipinski definition) is 1. The Hall–Kier alpha value is -0.990. The Kier molecular flexibility index (Phi) is 1.37. The summed E-state index contributed by atoms with van der Waals surface area (Å²) in [6.07, 6.45) is 2.51. The summed E-state index contributed by atoms with van der Waals surface area (Å²) >= 11 is 0. The van der Waals surface area contributed by atoms with Gasteiger partial charge in [-0.3, -0.25) is 9.89 Å². The second-order valence-corrected chi connectivity index (χ2v) is 3.38. The Morgan fingerprint density at radius 2 is 2.27 bits per heavy atom. The fraction of sp³-hybridized carbons (Fsp3) is 0.625. The Labute approximate surface area is 64.8 Å². The molecule has 1 aromatic rings. The van der Waals surface area contributed by atoms with E-state index in [4.69, 9.17) is 0 Å². The lowest BCUT2D eigenvalue weighted by molar-refractivity contribution is 0.274. The van der Waals surface area contributed by atoms with Gasteiger partial charge >= 0.3 is 0 Å². The van der Waals surface area contributed by atoms with Crippen molar-refractivity contribution in [3.63, 3.8) is 0 Å². The topological polar surface area (TPSA) is 48.6 Å². The number of nitrogens with one attached hydrogen (secondary N) is 2. The van der Waals surface area contributed by atoms with E-state index in [0.29, 0.717) is 5.92 Å². The first-order valence-electron chi connectivity index (χ1n) is 4.05. The van der Waals surface area contributed by atoms with E-state index in [9.17, 15) is 4.79 Å². The van der Waals surface area contributed by atoms with E-state index >= 15 is 0 Å². The van der Waals surface area contributed by atoms with Crippen molar-refractivity contribution in [3.8, 4) is 0 Å². The SMILES string of the molecule is C[C@H]1CC[C@@H]1c1cc(=O)[nH][nH]1. The maximum absolute atomic E-state index is 10.8. The van der Waals surface area contributed by atoms with Gasteiger partial charge in [-0.1, -0.05) is 6.92 Å². The molecule has 60 valence electrons. The quantitative estimate of drug-likeness (QED) is 0.624. The second kappa shape index (κ2) is 2.26. The molecule has 0 bridgehead atoms. The van der Waals surface area contributed by atoms with Gasteiger partial charge in [-0.05, 0) is 18.8 Å². The van der Waals surface area contributed by atoms with Gasteiger partial charge in [0.05, 0.1) is 0 Å². The lowest BCUT2D eigenvalue weighted by Crippen LogP contribution is -2.20. The van der Waals surface area contributed by atoms with Crippen LogP contribution >= 0.6 is 0 Å². The van der Waals surface area contributed by atoms with Crippen molar-refractivity contribution in [2.45, 2.75) is 25.7 Å². The summed E-state index contributed by atoms with van der Waals surface area (Å²) < 4.78 is 0. The third kappa shape index (κ3) is 1.00. The molecule has 3 heteroatoms. The zero-order valence-electron chi connectivity index (χ0n) is 6.55. The normalized spacial score (nSPS) is 29.9. The Balaban J connectivity index is 2.23. The molecule has 11 heavy (non-hydrogen) atoms. The summed E-state index contributed by atoms with van der Waals surface area (Å²) in [6.45, 7) is 2.22. The molecule has 1 aromatic heterocycles. The van der Waals surface area contributed by atoms with Crippen molar-refractivity contribution in [2.75, 3.05) is 0 Å². The van der Waals surface area contributed by atoms with Crippen LogP contribution in [0.15, 0.2) is 10.9 Å². The molecule has 1 aliphatic carbocycles. The molecule has 0 amide bonds. The molecule has 2 atom stereocenters. The fourth-order valence-corrected chi connectivity index (χ4v) is 1.68. The van der Waals surface area contributed by atoms with Gasteiger partial charge in [0.2, 0.25) is 0 Å². The lowest BCUT2D eigenvalue weighted by Gasteiger charge is -2.32. The molecule has 1 heterocycles. The van der Waals surface area contributed by atoms with Gasteiger partial charge in [0, 0.05) is 17.7 Å². The highest BCUT2D eigenvalue weighted by molar-refractivity contribution is 5.10. The fourth-order valence-electron chi connectivity index (χ4n) is 1.68. The Morgan fingerprint density at radius 1 is 1.45 bits per heavy atom. The van der Waals surface area contributed by atoms with E-state index in [-0.39, 0.29) is 5.56 Å². The van der Waals surface area contributed by atoms with E-state index in [1.165, 1.54) is 12.8 Å². The predicted molar refractivity (Wildman–Crippen MR) is 42.6 cm³/mol. The average molecular weight is 152 g/mol. The molecular formula is C8H12N2O. The van der Waals surface area contributed by atoms with Crippen molar-refractivity contribution in [1.82, 2.24) is 10.2 Å². The molecule has 2 N–H and O–H groups in total. The highest BCUT2D eigenvalue weighted by atomic mass is 16.1. The second-order valence-electron chi connectivity index (χ2n) is 3.38.